The smallest absolute Gasteiger partial charge is 0.214 e. The van der Waals surface area contributed by atoms with Gasteiger partial charge in [-0.25, -0.2) is 18.1 Å². The van der Waals surface area contributed by atoms with Gasteiger partial charge < -0.3 is 4.74 Å². The van der Waals surface area contributed by atoms with Crippen molar-refractivity contribution in [2.75, 3.05) is 12.9 Å². The fourth-order valence-corrected chi connectivity index (χ4v) is 4.18. The van der Waals surface area contributed by atoms with Crippen LogP contribution in [0.3, 0.4) is 0 Å². The first-order valence-electron chi connectivity index (χ1n) is 5.94. The third-order valence-electron chi connectivity index (χ3n) is 2.97. The molecule has 0 saturated heterocycles. The highest BCUT2D eigenvalue weighted by molar-refractivity contribution is 7.89. The Morgan fingerprint density at radius 3 is 2.83 bits per heavy atom. The van der Waals surface area contributed by atoms with Gasteiger partial charge in [0.05, 0.1) is 17.9 Å². The molecule has 0 spiro atoms. The van der Waals surface area contributed by atoms with E-state index < -0.39 is 10.0 Å². The molecule has 2 atom stereocenters. The Bertz CT molecular complexity index is 468. The van der Waals surface area contributed by atoms with Gasteiger partial charge in [0.15, 0.2) is 0 Å². The van der Waals surface area contributed by atoms with Crippen LogP contribution >= 0.6 is 11.3 Å². The van der Waals surface area contributed by atoms with Gasteiger partial charge in [0, 0.05) is 18.7 Å². The summed E-state index contributed by atoms with van der Waals surface area (Å²) in [5.41, 5.74) is 0. The zero-order valence-electron chi connectivity index (χ0n) is 10.5. The van der Waals surface area contributed by atoms with Crippen LogP contribution in [0.15, 0.2) is 11.6 Å². The van der Waals surface area contributed by atoms with Gasteiger partial charge in [-0.15, -0.1) is 11.3 Å². The summed E-state index contributed by atoms with van der Waals surface area (Å²) in [6, 6.07) is -0.168. The molecule has 0 radical (unpaired) electrons. The van der Waals surface area contributed by atoms with Crippen molar-refractivity contribution in [3.8, 4) is 0 Å². The Balaban J connectivity index is 2.05. The molecule has 1 aliphatic carbocycles. The summed E-state index contributed by atoms with van der Waals surface area (Å²) in [4.78, 5) is 4.22. The fraction of sp³-hybridized carbons (Fsp3) is 0.727. The van der Waals surface area contributed by atoms with Crippen LogP contribution in [0.1, 0.15) is 30.8 Å². The first kappa shape index (κ1) is 13.9. The van der Waals surface area contributed by atoms with Crippen LogP contribution in [0.25, 0.3) is 0 Å². The summed E-state index contributed by atoms with van der Waals surface area (Å²) in [6.07, 6.45) is 3.53. The summed E-state index contributed by atoms with van der Waals surface area (Å²) < 4.78 is 31.8. The summed E-state index contributed by atoms with van der Waals surface area (Å²) in [6.45, 7) is 1.74. The van der Waals surface area contributed by atoms with E-state index in [1.54, 1.807) is 13.1 Å². The Kier molecular flexibility index (Phi) is 4.37. The minimum absolute atomic E-state index is 0.0158. The van der Waals surface area contributed by atoms with E-state index in [1.807, 2.05) is 5.38 Å². The highest BCUT2D eigenvalue weighted by Gasteiger charge is 2.36. The van der Waals surface area contributed by atoms with Crippen molar-refractivity contribution in [2.45, 2.75) is 31.9 Å². The Morgan fingerprint density at radius 2 is 2.33 bits per heavy atom. The van der Waals surface area contributed by atoms with Gasteiger partial charge in [0.1, 0.15) is 5.01 Å². The summed E-state index contributed by atoms with van der Waals surface area (Å²) in [5, 5.41) is 2.72. The molecular weight excluding hydrogens is 272 g/mol. The third-order valence-corrected chi connectivity index (χ3v) is 5.35. The number of thiazole rings is 1. The standard InChI is InChI=1S/C11H18N2O3S2/c1-8(16-2)7-18(14,15)13-10(9-3-4-9)11-12-5-6-17-11/h5-6,8-10,13H,3-4,7H2,1-2H3/t8-,10+/m1/s1. The maximum atomic E-state index is 12.0. The Labute approximate surface area is 112 Å². The van der Waals surface area contributed by atoms with E-state index >= 15 is 0 Å². The zero-order valence-corrected chi connectivity index (χ0v) is 12.1. The Morgan fingerprint density at radius 1 is 1.61 bits per heavy atom. The molecule has 18 heavy (non-hydrogen) atoms. The molecule has 1 N–H and O–H groups in total. The number of hydrogen-bond donors (Lipinski definition) is 1. The maximum Gasteiger partial charge on any atom is 0.214 e. The van der Waals surface area contributed by atoms with E-state index in [0.717, 1.165) is 17.8 Å². The van der Waals surface area contributed by atoms with E-state index in [1.165, 1.54) is 18.4 Å². The molecule has 1 heterocycles. The number of aromatic nitrogens is 1. The first-order chi connectivity index (χ1) is 8.52. The molecule has 102 valence electrons. The van der Waals surface area contributed by atoms with Crippen LogP contribution < -0.4 is 4.72 Å². The molecule has 0 amide bonds. The van der Waals surface area contributed by atoms with E-state index in [-0.39, 0.29) is 17.9 Å². The largest absolute Gasteiger partial charge is 0.381 e. The molecule has 7 heteroatoms. The molecular formula is C11H18N2O3S2. The van der Waals surface area contributed by atoms with Gasteiger partial charge in [-0.3, -0.25) is 0 Å². The number of hydrogen-bond acceptors (Lipinski definition) is 5. The fourth-order valence-electron chi connectivity index (χ4n) is 1.78. The van der Waals surface area contributed by atoms with E-state index in [4.69, 9.17) is 4.74 Å². The van der Waals surface area contributed by atoms with Crippen molar-refractivity contribution in [2.24, 2.45) is 5.92 Å². The van der Waals surface area contributed by atoms with Gasteiger partial charge in [0.25, 0.3) is 0 Å². The predicted octanol–water partition coefficient (Wildman–Crippen LogP) is 1.55. The van der Waals surface area contributed by atoms with Gasteiger partial charge in [-0.1, -0.05) is 0 Å². The molecule has 0 bridgehead atoms. The summed E-state index contributed by atoms with van der Waals surface area (Å²) in [5.74, 6) is 0.377. The number of sulfonamides is 1. The lowest BCUT2D eigenvalue weighted by Gasteiger charge is -2.17. The lowest BCUT2D eigenvalue weighted by Crippen LogP contribution is -2.35. The summed E-state index contributed by atoms with van der Waals surface area (Å²) >= 11 is 1.50. The average Bonchev–Trinajstić information content (AvgIpc) is 3.00. The zero-order chi connectivity index (χ0) is 13.2. The van der Waals surface area contributed by atoms with Crippen LogP contribution in [-0.4, -0.2) is 32.4 Å². The quantitative estimate of drug-likeness (QED) is 0.827. The van der Waals surface area contributed by atoms with Crippen molar-refractivity contribution in [3.63, 3.8) is 0 Å². The van der Waals surface area contributed by atoms with Crippen LogP contribution in [0.5, 0.6) is 0 Å². The number of rotatable bonds is 7. The number of nitrogens with one attached hydrogen (secondary N) is 1. The lowest BCUT2D eigenvalue weighted by atomic mass is 10.2. The molecule has 2 rings (SSSR count). The normalized spacial score (nSPS) is 19.7. The van der Waals surface area contributed by atoms with Crippen molar-refractivity contribution < 1.29 is 13.2 Å². The second-order valence-corrected chi connectivity index (χ2v) is 7.36. The second-order valence-electron chi connectivity index (χ2n) is 4.63. The summed E-state index contributed by atoms with van der Waals surface area (Å²) in [7, 11) is -1.82. The molecule has 5 nitrogen and oxygen atoms in total. The SMILES string of the molecule is CO[C@H](C)CS(=O)(=O)N[C@H](c1nccs1)C1CC1. The van der Waals surface area contributed by atoms with E-state index in [0.29, 0.717) is 5.92 Å². The van der Waals surface area contributed by atoms with Crippen molar-refractivity contribution in [3.05, 3.63) is 16.6 Å². The van der Waals surface area contributed by atoms with Crippen LogP contribution in [-0.2, 0) is 14.8 Å². The van der Waals surface area contributed by atoms with E-state index in [2.05, 4.69) is 9.71 Å². The molecule has 0 unspecified atom stereocenters. The van der Waals surface area contributed by atoms with Gasteiger partial charge in [-0.05, 0) is 25.7 Å². The topological polar surface area (TPSA) is 68.3 Å². The third kappa shape index (κ3) is 3.74. The molecule has 1 saturated carbocycles. The highest BCUT2D eigenvalue weighted by Crippen LogP contribution is 2.41. The van der Waals surface area contributed by atoms with E-state index in [9.17, 15) is 8.42 Å². The number of nitrogens with zero attached hydrogens (tertiary/aromatic N) is 1. The number of methoxy groups -OCH3 is 1. The number of ether oxygens (including phenoxy) is 1. The van der Waals surface area contributed by atoms with Crippen molar-refractivity contribution in [1.29, 1.82) is 0 Å². The molecule has 0 aliphatic heterocycles. The molecule has 1 fully saturated rings. The van der Waals surface area contributed by atoms with Gasteiger partial charge in [-0.2, -0.15) is 0 Å². The predicted molar refractivity (Wildman–Crippen MR) is 71.0 cm³/mol. The average molecular weight is 290 g/mol. The first-order valence-corrected chi connectivity index (χ1v) is 8.47. The van der Waals surface area contributed by atoms with Crippen molar-refractivity contribution >= 4 is 21.4 Å². The van der Waals surface area contributed by atoms with Gasteiger partial charge in [0.2, 0.25) is 10.0 Å². The lowest BCUT2D eigenvalue weighted by molar-refractivity contribution is 0.136. The van der Waals surface area contributed by atoms with Crippen molar-refractivity contribution in [1.82, 2.24) is 9.71 Å². The second kappa shape index (κ2) is 5.64. The minimum atomic E-state index is -3.33. The minimum Gasteiger partial charge on any atom is -0.381 e. The van der Waals surface area contributed by atoms with Crippen LogP contribution in [0.4, 0.5) is 0 Å². The highest BCUT2D eigenvalue weighted by atomic mass is 32.2. The maximum absolute atomic E-state index is 12.0. The molecule has 0 aromatic carbocycles. The van der Waals surface area contributed by atoms with Crippen LogP contribution in [0.2, 0.25) is 0 Å². The monoisotopic (exact) mass is 290 g/mol. The van der Waals surface area contributed by atoms with Gasteiger partial charge >= 0.3 is 0 Å². The van der Waals surface area contributed by atoms with Crippen LogP contribution in [0, 0.1) is 5.92 Å². The molecule has 1 aromatic heterocycles. The molecule has 1 aromatic rings. The Hall–Kier alpha value is -0.500. The molecule has 1 aliphatic rings.